The van der Waals surface area contributed by atoms with Gasteiger partial charge >= 0.3 is 35.8 Å². The third kappa shape index (κ3) is 11.7. The molecule has 0 spiro atoms. The van der Waals surface area contributed by atoms with Crippen LogP contribution >= 0.6 is 11.8 Å². The van der Waals surface area contributed by atoms with Crippen LogP contribution in [0.2, 0.25) is 0 Å². The van der Waals surface area contributed by atoms with E-state index < -0.39 is 115 Å². The zero-order valence-electron chi connectivity index (χ0n) is 32.5. The van der Waals surface area contributed by atoms with E-state index in [1.807, 2.05) is 6.92 Å². The summed E-state index contributed by atoms with van der Waals surface area (Å²) in [4.78, 5) is 101. The first kappa shape index (κ1) is 45.1. The fraction of sp³-hybridized carbons (Fsp3) is 0.622. The van der Waals surface area contributed by atoms with Gasteiger partial charge in [-0.3, -0.25) is 43.3 Å². The van der Waals surface area contributed by atoms with Crippen molar-refractivity contribution in [3.05, 3.63) is 35.4 Å². The van der Waals surface area contributed by atoms with Crippen LogP contribution in [0.25, 0.3) is 0 Å². The van der Waals surface area contributed by atoms with Gasteiger partial charge in [0.05, 0.1) is 17.7 Å². The summed E-state index contributed by atoms with van der Waals surface area (Å²) >= 11 is 1.28. The van der Waals surface area contributed by atoms with Crippen LogP contribution in [0.15, 0.2) is 24.3 Å². The van der Waals surface area contributed by atoms with Gasteiger partial charge in [0.2, 0.25) is 0 Å². The number of carbonyl (C=O) groups excluding carboxylic acids is 8. The van der Waals surface area contributed by atoms with Gasteiger partial charge < -0.3 is 47.4 Å². The topological polar surface area (TPSA) is 232 Å². The maximum Gasteiger partial charge on any atom is 0.303 e. The summed E-state index contributed by atoms with van der Waals surface area (Å²) in [6.45, 7) is 7.60. The minimum Gasteiger partial charge on any atom is -0.463 e. The van der Waals surface area contributed by atoms with E-state index in [9.17, 15) is 38.4 Å². The number of thioether (sulfide) groups is 1. The standard InChI is InChI=1S/C37H47NO18S/c1-8-57-37-33(54-23(7)44)32(53-22(6)43)29(26(56-37)16-49-18(2)39)47-14-11-15-48-36-28(38-34(45)24-12-9-10-13-25(24)35(38)46)31(52-21(5)42)30(51-20(4)41)27(55-36)17-50-19(3)40/h9-10,12-13,26-33,36-37H,8,11,14-17H2,1-7H3/t26-,27-,28-,29-,30-,31-,32+,33-,36-,37+/m1/s1. The molecule has 4 rings (SSSR count). The Morgan fingerprint density at radius 2 is 1.09 bits per heavy atom. The van der Waals surface area contributed by atoms with Crippen molar-refractivity contribution in [2.75, 3.05) is 32.2 Å². The lowest BCUT2D eigenvalue weighted by Gasteiger charge is -2.47. The highest BCUT2D eigenvalue weighted by Crippen LogP contribution is 2.37. The van der Waals surface area contributed by atoms with Crippen molar-refractivity contribution in [3.8, 4) is 0 Å². The fourth-order valence-electron chi connectivity index (χ4n) is 6.61. The van der Waals surface area contributed by atoms with E-state index in [1.54, 1.807) is 12.1 Å². The normalized spacial score (nSPS) is 28.2. The summed E-state index contributed by atoms with van der Waals surface area (Å²) in [5.74, 6) is -5.34. The highest BCUT2D eigenvalue weighted by atomic mass is 32.2. The van der Waals surface area contributed by atoms with Gasteiger partial charge in [-0.15, -0.1) is 11.8 Å². The minimum atomic E-state index is -1.55. The molecule has 19 nitrogen and oxygen atoms in total. The van der Waals surface area contributed by atoms with Gasteiger partial charge in [-0.2, -0.15) is 0 Å². The van der Waals surface area contributed by atoms with Crippen LogP contribution in [0.4, 0.5) is 0 Å². The number of hydrogen-bond acceptors (Lipinski definition) is 19. The number of imide groups is 1. The summed E-state index contributed by atoms with van der Waals surface area (Å²) in [6.07, 6.45) is -10.2. The van der Waals surface area contributed by atoms with Crippen molar-refractivity contribution in [3.63, 3.8) is 0 Å². The molecular formula is C37H47NO18S. The van der Waals surface area contributed by atoms with Crippen LogP contribution in [0.1, 0.15) is 75.6 Å². The molecule has 3 aliphatic rings. The molecule has 0 bridgehead atoms. The molecule has 57 heavy (non-hydrogen) atoms. The van der Waals surface area contributed by atoms with E-state index in [0.29, 0.717) is 5.75 Å². The number of carbonyl (C=O) groups is 8. The lowest BCUT2D eigenvalue weighted by molar-refractivity contribution is -0.286. The number of amides is 2. The van der Waals surface area contributed by atoms with Gasteiger partial charge in [0.1, 0.15) is 43.0 Å². The zero-order valence-corrected chi connectivity index (χ0v) is 33.3. The molecule has 0 aliphatic carbocycles. The van der Waals surface area contributed by atoms with Crippen molar-refractivity contribution in [2.24, 2.45) is 0 Å². The van der Waals surface area contributed by atoms with Crippen molar-refractivity contribution >= 4 is 59.4 Å². The average molecular weight is 826 g/mol. The maximum atomic E-state index is 13.8. The number of nitrogens with zero attached hydrogens (tertiary/aromatic N) is 1. The lowest BCUT2D eigenvalue weighted by Crippen LogP contribution is -2.67. The molecule has 1 aromatic carbocycles. The van der Waals surface area contributed by atoms with Gasteiger partial charge in [-0.1, -0.05) is 19.1 Å². The number of benzene rings is 1. The Labute approximate surface area is 332 Å². The zero-order chi connectivity index (χ0) is 42.0. The number of fused-ring (bicyclic) bond motifs is 1. The first-order valence-electron chi connectivity index (χ1n) is 18.1. The Bertz CT molecular complexity index is 1640. The van der Waals surface area contributed by atoms with Crippen molar-refractivity contribution in [2.45, 2.75) is 115 Å². The Balaban J connectivity index is 1.62. The Kier molecular flexibility index (Phi) is 16.4. The second-order valence-corrected chi connectivity index (χ2v) is 14.4. The Hall–Kier alpha value is -4.63. The molecule has 0 N–H and O–H groups in total. The van der Waals surface area contributed by atoms with E-state index >= 15 is 0 Å². The maximum absolute atomic E-state index is 13.8. The number of hydrogen-bond donors (Lipinski definition) is 0. The molecule has 0 saturated carbocycles. The SMILES string of the molecule is CCS[C@@H]1O[C@H](COC(C)=O)[C@@H](OCCCO[C@@H]2O[C@H](COC(C)=O)[C@@H](OC(C)=O)[C@H](OC(C)=O)[C@H]2N2C(=O)c3ccccc3C2=O)[C@H](OC(C)=O)[C@H]1OC(C)=O. The molecule has 0 aromatic heterocycles. The van der Waals surface area contributed by atoms with Crippen molar-refractivity contribution in [1.82, 2.24) is 4.90 Å². The second kappa shape index (κ2) is 20.7. The number of esters is 6. The Morgan fingerprint density at radius 3 is 1.60 bits per heavy atom. The lowest BCUT2D eigenvalue weighted by atomic mass is 9.94. The summed E-state index contributed by atoms with van der Waals surface area (Å²) in [5, 5.41) is 0. The van der Waals surface area contributed by atoms with E-state index in [-0.39, 0.29) is 37.4 Å². The van der Waals surface area contributed by atoms with E-state index in [2.05, 4.69) is 0 Å². The van der Waals surface area contributed by atoms with Crippen molar-refractivity contribution in [1.29, 1.82) is 0 Å². The first-order chi connectivity index (χ1) is 27.0. The van der Waals surface area contributed by atoms with Crippen LogP contribution in [-0.2, 0) is 76.1 Å². The quantitative estimate of drug-likeness (QED) is 0.0937. The first-order valence-corrected chi connectivity index (χ1v) is 19.2. The molecule has 2 saturated heterocycles. The molecular weight excluding hydrogens is 778 g/mol. The highest BCUT2D eigenvalue weighted by Gasteiger charge is 2.57. The molecule has 2 amide bonds. The van der Waals surface area contributed by atoms with Gasteiger partial charge in [0, 0.05) is 48.1 Å². The monoisotopic (exact) mass is 825 g/mol. The highest BCUT2D eigenvalue weighted by molar-refractivity contribution is 7.99. The van der Waals surface area contributed by atoms with E-state index in [4.69, 9.17) is 47.4 Å². The van der Waals surface area contributed by atoms with Crippen LogP contribution in [0.3, 0.4) is 0 Å². The summed E-state index contributed by atoms with van der Waals surface area (Å²) in [6, 6.07) is 4.50. The van der Waals surface area contributed by atoms with Gasteiger partial charge in [0.15, 0.2) is 30.7 Å². The van der Waals surface area contributed by atoms with Gasteiger partial charge in [-0.05, 0) is 24.3 Å². The molecule has 3 aliphatic heterocycles. The predicted octanol–water partition coefficient (Wildman–Crippen LogP) is 1.50. The van der Waals surface area contributed by atoms with Crippen LogP contribution < -0.4 is 0 Å². The summed E-state index contributed by atoms with van der Waals surface area (Å²) in [7, 11) is 0. The summed E-state index contributed by atoms with van der Waals surface area (Å²) < 4.78 is 57.4. The largest absolute Gasteiger partial charge is 0.463 e. The van der Waals surface area contributed by atoms with Crippen LogP contribution in [-0.4, -0.2) is 145 Å². The molecule has 0 radical (unpaired) electrons. The molecule has 0 unspecified atom stereocenters. The van der Waals surface area contributed by atoms with Crippen LogP contribution in [0.5, 0.6) is 0 Å². The Morgan fingerprint density at radius 1 is 0.614 bits per heavy atom. The average Bonchev–Trinajstić information content (AvgIpc) is 3.37. The van der Waals surface area contributed by atoms with Crippen molar-refractivity contribution < 1.29 is 85.7 Å². The van der Waals surface area contributed by atoms with E-state index in [1.165, 1.54) is 44.7 Å². The van der Waals surface area contributed by atoms with E-state index in [0.717, 1.165) is 25.7 Å². The van der Waals surface area contributed by atoms with Gasteiger partial charge in [-0.25, -0.2) is 0 Å². The second-order valence-electron chi connectivity index (χ2n) is 13.0. The van der Waals surface area contributed by atoms with Crippen LogP contribution in [0, 0.1) is 0 Å². The molecule has 2 fully saturated rings. The minimum absolute atomic E-state index is 0.0594. The molecule has 3 heterocycles. The summed E-state index contributed by atoms with van der Waals surface area (Å²) in [5.41, 5.74) is -0.682. The molecule has 314 valence electrons. The number of rotatable bonds is 17. The molecule has 10 atom stereocenters. The third-order valence-electron chi connectivity index (χ3n) is 8.65. The fourth-order valence-corrected chi connectivity index (χ4v) is 7.56. The third-order valence-corrected chi connectivity index (χ3v) is 9.69. The number of ether oxygens (including phenoxy) is 10. The molecule has 20 heteroatoms. The molecule has 1 aromatic rings. The predicted molar refractivity (Wildman–Crippen MR) is 192 cm³/mol. The van der Waals surface area contributed by atoms with Gasteiger partial charge in [0.25, 0.3) is 11.8 Å². The smallest absolute Gasteiger partial charge is 0.303 e.